The average Bonchev–Trinajstić information content (AvgIpc) is 3.34. The highest BCUT2D eigenvalue weighted by Crippen LogP contribution is 2.40. The molecule has 2 aromatic rings. The maximum absolute atomic E-state index is 12.9. The Morgan fingerprint density at radius 3 is 2.75 bits per heavy atom. The molecule has 3 N–H and O–H groups in total. The third-order valence-electron chi connectivity index (χ3n) is 6.91. The number of nitrogens with zero attached hydrogens (tertiary/aromatic N) is 3. The van der Waals surface area contributed by atoms with E-state index >= 15 is 0 Å². The quantitative estimate of drug-likeness (QED) is 0.375. The van der Waals surface area contributed by atoms with Crippen molar-refractivity contribution < 1.29 is 14.6 Å². The number of pyridine rings is 1. The summed E-state index contributed by atoms with van der Waals surface area (Å²) >= 11 is 0. The van der Waals surface area contributed by atoms with Gasteiger partial charge in [0.25, 0.3) is 5.91 Å². The smallest absolute Gasteiger partial charge is 0.291 e. The molecule has 0 aromatic carbocycles. The van der Waals surface area contributed by atoms with Gasteiger partial charge in [0.2, 0.25) is 0 Å². The number of carbonyl (C=O) groups is 1. The highest BCUT2D eigenvalue weighted by molar-refractivity contribution is 6.03. The molecular weight excluding hydrogens is 454 g/mol. The molecule has 2 atom stereocenters. The number of carbonyl (C=O) groups excluding carboxylic acids is 1. The summed E-state index contributed by atoms with van der Waals surface area (Å²) in [5.74, 6) is -0.232. The number of imidazole rings is 1. The van der Waals surface area contributed by atoms with Gasteiger partial charge in [-0.05, 0) is 69.1 Å². The number of nitriles is 1. The molecule has 2 heterocycles. The SMILES string of the molecule is CCCC(CC(C)(CO)OCC)c1ccc(NC(=O)c2ncc(C#N)[nH]2)c(C2=CCC(C)(C)CC2)n1. The third kappa shape index (κ3) is 6.80. The molecule has 8 heteroatoms. The van der Waals surface area contributed by atoms with E-state index in [1.807, 2.05) is 32.0 Å². The van der Waals surface area contributed by atoms with Gasteiger partial charge < -0.3 is 20.1 Å². The van der Waals surface area contributed by atoms with Crippen LogP contribution in [0.2, 0.25) is 0 Å². The first-order chi connectivity index (χ1) is 17.1. The maximum Gasteiger partial charge on any atom is 0.291 e. The molecule has 2 aromatic heterocycles. The molecule has 1 aliphatic carbocycles. The van der Waals surface area contributed by atoms with Gasteiger partial charge in [-0.3, -0.25) is 9.78 Å². The molecule has 1 amide bonds. The third-order valence-corrected chi connectivity index (χ3v) is 6.91. The van der Waals surface area contributed by atoms with Gasteiger partial charge in [0.05, 0.1) is 29.8 Å². The van der Waals surface area contributed by atoms with Crippen molar-refractivity contribution in [3.05, 3.63) is 47.3 Å². The van der Waals surface area contributed by atoms with Crippen molar-refractivity contribution in [2.75, 3.05) is 18.5 Å². The lowest BCUT2D eigenvalue weighted by molar-refractivity contribution is -0.0713. The van der Waals surface area contributed by atoms with Crippen LogP contribution in [-0.4, -0.2) is 44.8 Å². The lowest BCUT2D eigenvalue weighted by Crippen LogP contribution is -2.35. The van der Waals surface area contributed by atoms with Crippen LogP contribution in [0.1, 0.15) is 107 Å². The minimum absolute atomic E-state index is 0.0594. The van der Waals surface area contributed by atoms with Crippen molar-refractivity contribution in [2.45, 2.75) is 84.7 Å². The predicted molar refractivity (Wildman–Crippen MR) is 140 cm³/mol. The van der Waals surface area contributed by atoms with E-state index < -0.39 is 11.5 Å². The number of hydrogen-bond donors (Lipinski definition) is 3. The molecule has 0 fully saturated rings. The van der Waals surface area contributed by atoms with Gasteiger partial charge in [-0.1, -0.05) is 33.3 Å². The molecule has 8 nitrogen and oxygen atoms in total. The first-order valence-electron chi connectivity index (χ1n) is 12.8. The van der Waals surface area contributed by atoms with Crippen molar-refractivity contribution in [1.29, 1.82) is 5.26 Å². The fraction of sp³-hybridized carbons (Fsp3) is 0.571. The molecule has 1 aliphatic rings. The summed E-state index contributed by atoms with van der Waals surface area (Å²) in [6.45, 7) is 11.0. The van der Waals surface area contributed by atoms with Crippen LogP contribution >= 0.6 is 0 Å². The van der Waals surface area contributed by atoms with Gasteiger partial charge in [-0.15, -0.1) is 0 Å². The molecule has 0 spiro atoms. The van der Waals surface area contributed by atoms with Crippen LogP contribution in [0.15, 0.2) is 24.4 Å². The van der Waals surface area contributed by atoms with Crippen molar-refractivity contribution in [3.8, 4) is 6.07 Å². The Morgan fingerprint density at radius 2 is 2.17 bits per heavy atom. The van der Waals surface area contributed by atoms with Gasteiger partial charge in [-0.25, -0.2) is 4.98 Å². The Balaban J connectivity index is 1.99. The molecule has 0 radical (unpaired) electrons. The lowest BCUT2D eigenvalue weighted by Gasteiger charge is -2.32. The second kappa shape index (κ2) is 11.8. The number of anilines is 1. The van der Waals surface area contributed by atoms with E-state index in [1.54, 1.807) is 0 Å². The van der Waals surface area contributed by atoms with Crippen molar-refractivity contribution in [1.82, 2.24) is 15.0 Å². The van der Waals surface area contributed by atoms with Crippen LogP contribution in [0.5, 0.6) is 0 Å². The Kier molecular flexibility index (Phi) is 9.04. The number of nitrogens with one attached hydrogen (secondary N) is 2. The van der Waals surface area contributed by atoms with Crippen LogP contribution in [-0.2, 0) is 4.74 Å². The zero-order chi connectivity index (χ0) is 26.3. The molecule has 0 aliphatic heterocycles. The summed E-state index contributed by atoms with van der Waals surface area (Å²) < 4.78 is 5.90. The van der Waals surface area contributed by atoms with E-state index in [0.29, 0.717) is 18.7 Å². The minimum Gasteiger partial charge on any atom is -0.393 e. The molecule has 36 heavy (non-hydrogen) atoms. The number of aliphatic hydroxyl groups is 1. The Bertz CT molecular complexity index is 1130. The van der Waals surface area contributed by atoms with Crippen molar-refractivity contribution in [2.24, 2.45) is 5.41 Å². The van der Waals surface area contributed by atoms with E-state index in [1.165, 1.54) is 6.20 Å². The van der Waals surface area contributed by atoms with Gasteiger partial charge in [0, 0.05) is 18.2 Å². The minimum atomic E-state index is -0.644. The van der Waals surface area contributed by atoms with Crippen molar-refractivity contribution in [3.63, 3.8) is 0 Å². The summed E-state index contributed by atoms with van der Waals surface area (Å²) in [6, 6.07) is 5.82. The topological polar surface area (TPSA) is 124 Å². The Morgan fingerprint density at radius 1 is 1.39 bits per heavy atom. The standard InChI is InChI=1S/C28H39N5O3/c1-6-8-20(15-28(5,18-34)36-7-2)22-9-10-23(33-26(35)25-30-17-21(16-29)31-25)24(32-22)19-11-13-27(3,4)14-12-19/h9-11,17,20,34H,6-8,12-15,18H2,1-5H3,(H,30,31)(H,33,35). The monoisotopic (exact) mass is 493 g/mol. The number of aromatic nitrogens is 3. The lowest BCUT2D eigenvalue weighted by atomic mass is 9.77. The van der Waals surface area contributed by atoms with E-state index in [0.717, 1.165) is 49.1 Å². The summed E-state index contributed by atoms with van der Waals surface area (Å²) in [6.07, 6.45) is 8.97. The van der Waals surface area contributed by atoms with Crippen LogP contribution in [0.4, 0.5) is 5.69 Å². The number of aliphatic hydroxyl groups excluding tert-OH is 1. The van der Waals surface area contributed by atoms with E-state index in [9.17, 15) is 9.90 Å². The first kappa shape index (κ1) is 27.6. The molecule has 0 saturated carbocycles. The summed E-state index contributed by atoms with van der Waals surface area (Å²) in [7, 11) is 0. The molecular formula is C28H39N5O3. The highest BCUT2D eigenvalue weighted by atomic mass is 16.5. The van der Waals surface area contributed by atoms with Crippen LogP contribution < -0.4 is 5.32 Å². The fourth-order valence-electron chi connectivity index (χ4n) is 4.76. The molecule has 2 unspecified atom stereocenters. The van der Waals surface area contributed by atoms with E-state index in [2.05, 4.69) is 42.1 Å². The number of ether oxygens (including phenoxy) is 1. The van der Waals surface area contributed by atoms with Crippen LogP contribution in [0.25, 0.3) is 5.57 Å². The second-order valence-electron chi connectivity index (χ2n) is 10.7. The average molecular weight is 494 g/mol. The largest absolute Gasteiger partial charge is 0.393 e. The Labute approximate surface area is 214 Å². The van der Waals surface area contributed by atoms with Crippen LogP contribution in [0, 0.1) is 16.7 Å². The predicted octanol–water partition coefficient (Wildman–Crippen LogP) is 5.58. The molecule has 0 bridgehead atoms. The summed E-state index contributed by atoms with van der Waals surface area (Å²) in [5, 5.41) is 22.0. The van der Waals surface area contributed by atoms with Crippen molar-refractivity contribution >= 4 is 17.2 Å². The number of hydrogen-bond acceptors (Lipinski definition) is 6. The summed E-state index contributed by atoms with van der Waals surface area (Å²) in [4.78, 5) is 24.7. The van der Waals surface area contributed by atoms with Gasteiger partial charge in [0.15, 0.2) is 5.82 Å². The molecule has 194 valence electrons. The number of allylic oxidation sites excluding steroid dienone is 2. The highest BCUT2D eigenvalue weighted by Gasteiger charge is 2.30. The van der Waals surface area contributed by atoms with Gasteiger partial charge in [0.1, 0.15) is 11.8 Å². The first-order valence-corrected chi connectivity index (χ1v) is 12.8. The summed E-state index contributed by atoms with van der Waals surface area (Å²) in [5.41, 5.74) is 3.26. The number of aromatic amines is 1. The van der Waals surface area contributed by atoms with Gasteiger partial charge >= 0.3 is 0 Å². The number of H-pyrrole nitrogens is 1. The molecule has 3 rings (SSSR count). The van der Waals surface area contributed by atoms with E-state index in [4.69, 9.17) is 15.0 Å². The number of rotatable bonds is 11. The zero-order valence-electron chi connectivity index (χ0n) is 22.1. The normalized spacial score (nSPS) is 17.5. The fourth-order valence-corrected chi connectivity index (χ4v) is 4.76. The van der Waals surface area contributed by atoms with Gasteiger partial charge in [-0.2, -0.15) is 5.26 Å². The molecule has 0 saturated heterocycles. The zero-order valence-corrected chi connectivity index (χ0v) is 22.1. The van der Waals surface area contributed by atoms with E-state index in [-0.39, 0.29) is 29.5 Å². The van der Waals surface area contributed by atoms with Crippen LogP contribution in [0.3, 0.4) is 0 Å². The Hall–Kier alpha value is -3.02. The number of amides is 1. The maximum atomic E-state index is 12.9. The second-order valence-corrected chi connectivity index (χ2v) is 10.7.